The second-order valence-corrected chi connectivity index (χ2v) is 3.40. The van der Waals surface area contributed by atoms with Crippen LogP contribution in [-0.4, -0.2) is 5.11 Å². The maximum absolute atomic E-state index is 9.68. The van der Waals surface area contributed by atoms with E-state index in [4.69, 9.17) is 0 Å². The van der Waals surface area contributed by atoms with Crippen molar-refractivity contribution in [2.75, 3.05) is 0 Å². The van der Waals surface area contributed by atoms with E-state index in [2.05, 4.69) is 26.0 Å². The molecule has 0 fully saturated rings. The SMILES string of the molecule is CCC[C@H](O)c1ccc(CC)cc1. The molecule has 0 heterocycles. The molecule has 1 aromatic carbocycles. The highest BCUT2D eigenvalue weighted by Crippen LogP contribution is 2.18. The van der Waals surface area contributed by atoms with Gasteiger partial charge in [0.25, 0.3) is 0 Å². The number of hydrogen-bond donors (Lipinski definition) is 1. The largest absolute Gasteiger partial charge is 0.388 e. The number of aryl methyl sites for hydroxylation is 1. The molecule has 0 aliphatic carbocycles. The van der Waals surface area contributed by atoms with Crippen molar-refractivity contribution in [1.82, 2.24) is 0 Å². The van der Waals surface area contributed by atoms with Crippen LogP contribution in [0.4, 0.5) is 0 Å². The van der Waals surface area contributed by atoms with E-state index in [-0.39, 0.29) is 6.10 Å². The number of benzene rings is 1. The van der Waals surface area contributed by atoms with E-state index in [1.807, 2.05) is 12.1 Å². The van der Waals surface area contributed by atoms with Crippen LogP contribution in [-0.2, 0) is 6.42 Å². The molecule has 1 heteroatoms. The lowest BCUT2D eigenvalue weighted by Gasteiger charge is -2.09. The van der Waals surface area contributed by atoms with E-state index in [9.17, 15) is 5.11 Å². The van der Waals surface area contributed by atoms with Gasteiger partial charge in [0, 0.05) is 0 Å². The summed E-state index contributed by atoms with van der Waals surface area (Å²) >= 11 is 0. The Morgan fingerprint density at radius 3 is 2.23 bits per heavy atom. The van der Waals surface area contributed by atoms with Gasteiger partial charge in [-0.3, -0.25) is 0 Å². The average Bonchev–Trinajstić information content (AvgIpc) is 2.18. The van der Waals surface area contributed by atoms with Crippen molar-refractivity contribution in [3.63, 3.8) is 0 Å². The van der Waals surface area contributed by atoms with E-state index in [0.717, 1.165) is 24.8 Å². The minimum absolute atomic E-state index is 0.282. The van der Waals surface area contributed by atoms with E-state index in [0.29, 0.717) is 0 Å². The van der Waals surface area contributed by atoms with Crippen molar-refractivity contribution >= 4 is 0 Å². The fourth-order valence-corrected chi connectivity index (χ4v) is 1.42. The summed E-state index contributed by atoms with van der Waals surface area (Å²) in [5, 5.41) is 9.68. The zero-order chi connectivity index (χ0) is 9.68. The first-order valence-corrected chi connectivity index (χ1v) is 5.04. The molecule has 0 amide bonds. The Morgan fingerprint density at radius 2 is 1.77 bits per heavy atom. The van der Waals surface area contributed by atoms with Gasteiger partial charge in [-0.05, 0) is 24.0 Å². The standard InChI is InChI=1S/C12H18O/c1-3-5-12(13)11-8-6-10(4-2)7-9-11/h6-9,12-13H,3-5H2,1-2H3/t12-/m0/s1. The van der Waals surface area contributed by atoms with Crippen LogP contribution in [0.5, 0.6) is 0 Å². The molecular weight excluding hydrogens is 160 g/mol. The number of aliphatic hydroxyl groups is 1. The summed E-state index contributed by atoms with van der Waals surface area (Å²) in [7, 11) is 0. The van der Waals surface area contributed by atoms with E-state index < -0.39 is 0 Å². The van der Waals surface area contributed by atoms with Gasteiger partial charge in [-0.2, -0.15) is 0 Å². The van der Waals surface area contributed by atoms with E-state index in [1.165, 1.54) is 5.56 Å². The predicted octanol–water partition coefficient (Wildman–Crippen LogP) is 3.08. The lowest BCUT2D eigenvalue weighted by Crippen LogP contribution is -1.96. The van der Waals surface area contributed by atoms with Gasteiger partial charge in [0.1, 0.15) is 0 Å². The first kappa shape index (κ1) is 10.3. The summed E-state index contributed by atoms with van der Waals surface area (Å²) in [5.41, 5.74) is 2.37. The molecule has 1 nitrogen and oxygen atoms in total. The monoisotopic (exact) mass is 178 g/mol. The van der Waals surface area contributed by atoms with E-state index >= 15 is 0 Å². The molecule has 1 atom stereocenters. The zero-order valence-corrected chi connectivity index (χ0v) is 8.46. The highest BCUT2D eigenvalue weighted by molar-refractivity contribution is 5.23. The molecule has 0 aliphatic rings. The minimum atomic E-state index is -0.282. The molecule has 0 spiro atoms. The van der Waals surface area contributed by atoms with Crippen molar-refractivity contribution in [3.05, 3.63) is 35.4 Å². The van der Waals surface area contributed by atoms with Crippen LogP contribution in [0.1, 0.15) is 43.9 Å². The summed E-state index contributed by atoms with van der Waals surface area (Å²) in [6, 6.07) is 8.24. The number of hydrogen-bond acceptors (Lipinski definition) is 1. The van der Waals surface area contributed by atoms with Crippen LogP contribution in [0.3, 0.4) is 0 Å². The first-order valence-electron chi connectivity index (χ1n) is 5.04. The molecule has 0 aromatic heterocycles. The molecular formula is C12H18O. The molecule has 72 valence electrons. The van der Waals surface area contributed by atoms with Gasteiger partial charge in [-0.25, -0.2) is 0 Å². The smallest absolute Gasteiger partial charge is 0.0790 e. The van der Waals surface area contributed by atoms with Crippen molar-refractivity contribution in [1.29, 1.82) is 0 Å². The Kier molecular flexibility index (Phi) is 3.97. The Bertz CT molecular complexity index is 238. The summed E-state index contributed by atoms with van der Waals surface area (Å²) < 4.78 is 0. The van der Waals surface area contributed by atoms with Crippen LogP contribution in [0.2, 0.25) is 0 Å². The molecule has 0 saturated carbocycles. The van der Waals surface area contributed by atoms with Crippen LogP contribution in [0.15, 0.2) is 24.3 Å². The highest BCUT2D eigenvalue weighted by Gasteiger charge is 2.04. The quantitative estimate of drug-likeness (QED) is 0.751. The summed E-state index contributed by atoms with van der Waals surface area (Å²) in [6.45, 7) is 4.22. The van der Waals surface area contributed by atoms with Crippen molar-refractivity contribution in [3.8, 4) is 0 Å². The Morgan fingerprint density at radius 1 is 1.15 bits per heavy atom. The number of rotatable bonds is 4. The van der Waals surface area contributed by atoms with Crippen molar-refractivity contribution < 1.29 is 5.11 Å². The van der Waals surface area contributed by atoms with Gasteiger partial charge in [0.15, 0.2) is 0 Å². The normalized spacial score (nSPS) is 12.8. The van der Waals surface area contributed by atoms with E-state index in [1.54, 1.807) is 0 Å². The van der Waals surface area contributed by atoms with Gasteiger partial charge in [0.2, 0.25) is 0 Å². The van der Waals surface area contributed by atoms with Gasteiger partial charge in [0.05, 0.1) is 6.10 Å². The minimum Gasteiger partial charge on any atom is -0.388 e. The van der Waals surface area contributed by atoms with Crippen molar-refractivity contribution in [2.45, 2.75) is 39.2 Å². The molecule has 0 unspecified atom stereocenters. The third-order valence-corrected chi connectivity index (χ3v) is 2.33. The second kappa shape index (κ2) is 5.03. The summed E-state index contributed by atoms with van der Waals surface area (Å²) in [6.07, 6.45) is 2.66. The molecule has 13 heavy (non-hydrogen) atoms. The highest BCUT2D eigenvalue weighted by atomic mass is 16.3. The van der Waals surface area contributed by atoms with Gasteiger partial charge in [-0.15, -0.1) is 0 Å². The maximum Gasteiger partial charge on any atom is 0.0790 e. The number of aliphatic hydroxyl groups excluding tert-OH is 1. The third kappa shape index (κ3) is 2.85. The third-order valence-electron chi connectivity index (χ3n) is 2.33. The lowest BCUT2D eigenvalue weighted by atomic mass is 10.0. The maximum atomic E-state index is 9.68. The molecule has 1 aromatic rings. The van der Waals surface area contributed by atoms with Crippen LogP contribution < -0.4 is 0 Å². The van der Waals surface area contributed by atoms with Crippen LogP contribution in [0, 0.1) is 0 Å². The molecule has 0 radical (unpaired) electrons. The van der Waals surface area contributed by atoms with Gasteiger partial charge in [-0.1, -0.05) is 44.5 Å². The topological polar surface area (TPSA) is 20.2 Å². The van der Waals surface area contributed by atoms with Gasteiger partial charge >= 0.3 is 0 Å². The summed E-state index contributed by atoms with van der Waals surface area (Å²) in [5.74, 6) is 0. The molecule has 1 rings (SSSR count). The predicted molar refractivity (Wildman–Crippen MR) is 55.7 cm³/mol. The molecule has 0 bridgehead atoms. The molecule has 0 aliphatic heterocycles. The first-order chi connectivity index (χ1) is 6.27. The van der Waals surface area contributed by atoms with Crippen molar-refractivity contribution in [2.24, 2.45) is 0 Å². The average molecular weight is 178 g/mol. The molecule has 1 N–H and O–H groups in total. The van der Waals surface area contributed by atoms with Crippen LogP contribution >= 0.6 is 0 Å². The van der Waals surface area contributed by atoms with Crippen LogP contribution in [0.25, 0.3) is 0 Å². The second-order valence-electron chi connectivity index (χ2n) is 3.40. The Hall–Kier alpha value is -0.820. The lowest BCUT2D eigenvalue weighted by molar-refractivity contribution is 0.166. The fraction of sp³-hybridized carbons (Fsp3) is 0.500. The zero-order valence-electron chi connectivity index (χ0n) is 8.46. The Labute approximate surface area is 80.4 Å². The summed E-state index contributed by atoms with van der Waals surface area (Å²) in [4.78, 5) is 0. The fourth-order valence-electron chi connectivity index (χ4n) is 1.42. The Balaban J connectivity index is 2.67. The van der Waals surface area contributed by atoms with Gasteiger partial charge < -0.3 is 5.11 Å². The molecule has 0 saturated heterocycles.